The zero-order valence-corrected chi connectivity index (χ0v) is 15.9. The van der Waals surface area contributed by atoms with Gasteiger partial charge in [-0.25, -0.2) is 0 Å². The first-order valence-electron chi connectivity index (χ1n) is 10.4. The van der Waals surface area contributed by atoms with Gasteiger partial charge in [-0.2, -0.15) is 0 Å². The van der Waals surface area contributed by atoms with Crippen LogP contribution in [0.1, 0.15) is 51.4 Å². The summed E-state index contributed by atoms with van der Waals surface area (Å²) in [5, 5.41) is 11.3. The Labute approximate surface area is 160 Å². The molecule has 6 heteroatoms. The van der Waals surface area contributed by atoms with Crippen LogP contribution in [-0.4, -0.2) is 41.4 Å². The van der Waals surface area contributed by atoms with Crippen molar-refractivity contribution < 1.29 is 9.72 Å². The highest BCUT2D eigenvalue weighted by Crippen LogP contribution is 2.37. The van der Waals surface area contributed by atoms with Crippen molar-refractivity contribution in [2.45, 2.75) is 57.4 Å². The number of para-hydroxylation sites is 2. The highest BCUT2D eigenvalue weighted by atomic mass is 16.6. The van der Waals surface area contributed by atoms with Crippen molar-refractivity contribution in [1.82, 2.24) is 4.90 Å². The van der Waals surface area contributed by atoms with E-state index in [-0.39, 0.29) is 16.5 Å². The number of hydrogen-bond donors (Lipinski definition) is 0. The van der Waals surface area contributed by atoms with Crippen LogP contribution in [-0.2, 0) is 4.79 Å². The summed E-state index contributed by atoms with van der Waals surface area (Å²) < 4.78 is 0. The van der Waals surface area contributed by atoms with Crippen LogP contribution in [0.15, 0.2) is 24.3 Å². The molecule has 1 amide bonds. The summed E-state index contributed by atoms with van der Waals surface area (Å²) in [5.41, 5.74) is 0.835. The van der Waals surface area contributed by atoms with Crippen LogP contribution in [0.4, 0.5) is 11.4 Å². The van der Waals surface area contributed by atoms with E-state index in [0.717, 1.165) is 25.8 Å². The Bertz CT molecular complexity index is 698. The second-order valence-electron chi connectivity index (χ2n) is 8.29. The topological polar surface area (TPSA) is 66.7 Å². The maximum absolute atomic E-state index is 13.2. The van der Waals surface area contributed by atoms with Gasteiger partial charge in [-0.15, -0.1) is 0 Å². The standard InChI is InChI=1S/C21H29N3O3/c25-21(23-13-5-7-16-6-1-2-8-18(16)23)17-11-14-22(15-12-17)19-9-3-4-10-20(19)24(26)27/h3-4,9-10,16-18H,1-2,5-8,11-15H2. The van der Waals surface area contributed by atoms with Gasteiger partial charge < -0.3 is 9.80 Å². The molecule has 0 spiro atoms. The molecule has 3 fully saturated rings. The predicted octanol–water partition coefficient (Wildman–Crippen LogP) is 3.99. The molecule has 0 aromatic heterocycles. The molecular formula is C21H29N3O3. The Balaban J connectivity index is 1.40. The van der Waals surface area contributed by atoms with Crippen molar-refractivity contribution >= 4 is 17.3 Å². The largest absolute Gasteiger partial charge is 0.366 e. The number of carbonyl (C=O) groups excluding carboxylic acids is 1. The van der Waals surface area contributed by atoms with Crippen molar-refractivity contribution in [2.24, 2.45) is 11.8 Å². The SMILES string of the molecule is O=C(C1CCN(c2ccccc2[N+](=O)[O-])CC1)N1CCCC2CCCCC21. The van der Waals surface area contributed by atoms with E-state index in [4.69, 9.17) is 0 Å². The van der Waals surface area contributed by atoms with Crippen molar-refractivity contribution in [1.29, 1.82) is 0 Å². The molecular weight excluding hydrogens is 342 g/mol. The van der Waals surface area contributed by atoms with Crippen LogP contribution in [0.25, 0.3) is 0 Å². The molecule has 1 aliphatic carbocycles. The van der Waals surface area contributed by atoms with Gasteiger partial charge in [0.15, 0.2) is 0 Å². The summed E-state index contributed by atoms with van der Waals surface area (Å²) in [7, 11) is 0. The fourth-order valence-corrected chi connectivity index (χ4v) is 5.39. The summed E-state index contributed by atoms with van der Waals surface area (Å²) in [5.74, 6) is 1.13. The summed E-state index contributed by atoms with van der Waals surface area (Å²) in [4.78, 5) is 28.5. The van der Waals surface area contributed by atoms with E-state index in [1.165, 1.54) is 32.1 Å². The quantitative estimate of drug-likeness (QED) is 0.595. The molecule has 6 nitrogen and oxygen atoms in total. The van der Waals surface area contributed by atoms with Crippen LogP contribution < -0.4 is 4.90 Å². The minimum atomic E-state index is -0.316. The first-order valence-corrected chi connectivity index (χ1v) is 10.4. The monoisotopic (exact) mass is 371 g/mol. The lowest BCUT2D eigenvalue weighted by atomic mass is 9.77. The minimum Gasteiger partial charge on any atom is -0.366 e. The van der Waals surface area contributed by atoms with Gasteiger partial charge in [-0.3, -0.25) is 14.9 Å². The molecule has 2 atom stereocenters. The smallest absolute Gasteiger partial charge is 0.292 e. The van der Waals surface area contributed by atoms with Crippen LogP contribution in [0, 0.1) is 22.0 Å². The number of carbonyl (C=O) groups is 1. The van der Waals surface area contributed by atoms with Crippen molar-refractivity contribution in [3.8, 4) is 0 Å². The van der Waals surface area contributed by atoms with Gasteiger partial charge in [0.05, 0.1) is 4.92 Å². The number of piperidine rings is 2. The Morgan fingerprint density at radius 1 is 0.963 bits per heavy atom. The third-order valence-corrected chi connectivity index (χ3v) is 6.79. The average Bonchev–Trinajstić information content (AvgIpc) is 2.73. The molecule has 2 unspecified atom stereocenters. The number of nitro benzene ring substituents is 1. The molecule has 27 heavy (non-hydrogen) atoms. The van der Waals surface area contributed by atoms with Crippen LogP contribution in [0.3, 0.4) is 0 Å². The van der Waals surface area contributed by atoms with E-state index in [1.807, 2.05) is 12.1 Å². The van der Waals surface area contributed by atoms with Crippen molar-refractivity contribution in [3.05, 3.63) is 34.4 Å². The average molecular weight is 371 g/mol. The molecule has 1 aromatic carbocycles. The van der Waals surface area contributed by atoms with Crippen LogP contribution in [0.5, 0.6) is 0 Å². The number of nitrogens with zero attached hydrogens (tertiary/aromatic N) is 3. The minimum absolute atomic E-state index is 0.0738. The van der Waals surface area contributed by atoms with E-state index < -0.39 is 0 Å². The fourth-order valence-electron chi connectivity index (χ4n) is 5.39. The zero-order valence-electron chi connectivity index (χ0n) is 15.9. The molecule has 0 N–H and O–H groups in total. The van der Waals surface area contributed by atoms with Crippen molar-refractivity contribution in [2.75, 3.05) is 24.5 Å². The lowest BCUT2D eigenvalue weighted by molar-refractivity contribution is -0.384. The lowest BCUT2D eigenvalue weighted by Gasteiger charge is -2.46. The van der Waals surface area contributed by atoms with Crippen molar-refractivity contribution in [3.63, 3.8) is 0 Å². The molecule has 2 saturated heterocycles. The molecule has 1 saturated carbocycles. The van der Waals surface area contributed by atoms with Crippen LogP contribution >= 0.6 is 0 Å². The Morgan fingerprint density at radius 2 is 1.67 bits per heavy atom. The highest BCUT2D eigenvalue weighted by Gasteiger charge is 2.39. The van der Waals surface area contributed by atoms with Gasteiger partial charge in [0.25, 0.3) is 5.69 Å². The summed E-state index contributed by atoms with van der Waals surface area (Å²) in [6.07, 6.45) is 9.03. The molecule has 0 bridgehead atoms. The predicted molar refractivity (Wildman–Crippen MR) is 105 cm³/mol. The number of fused-ring (bicyclic) bond motifs is 1. The molecule has 2 aliphatic heterocycles. The van der Waals surface area contributed by atoms with Gasteiger partial charge in [0, 0.05) is 37.7 Å². The van der Waals surface area contributed by atoms with Gasteiger partial charge in [-0.1, -0.05) is 25.0 Å². The second-order valence-corrected chi connectivity index (χ2v) is 8.29. The third-order valence-electron chi connectivity index (χ3n) is 6.79. The number of hydrogen-bond acceptors (Lipinski definition) is 4. The number of benzene rings is 1. The molecule has 1 aromatic rings. The normalized spacial score (nSPS) is 26.5. The Hall–Kier alpha value is -2.11. The maximum atomic E-state index is 13.2. The summed E-state index contributed by atoms with van der Waals surface area (Å²) in [6.45, 7) is 2.34. The third kappa shape index (κ3) is 3.66. The Kier molecular flexibility index (Phi) is 5.32. The molecule has 4 rings (SSSR count). The first kappa shape index (κ1) is 18.3. The second kappa shape index (κ2) is 7.87. The van der Waals surface area contributed by atoms with Gasteiger partial charge in [0.2, 0.25) is 5.91 Å². The van der Waals surface area contributed by atoms with Crippen LogP contribution in [0.2, 0.25) is 0 Å². The first-order chi connectivity index (χ1) is 13.1. The van der Waals surface area contributed by atoms with Gasteiger partial charge >= 0.3 is 0 Å². The molecule has 146 valence electrons. The lowest BCUT2D eigenvalue weighted by Crippen LogP contribution is -2.52. The fraction of sp³-hybridized carbons (Fsp3) is 0.667. The number of anilines is 1. The van der Waals surface area contributed by atoms with E-state index in [1.54, 1.807) is 12.1 Å². The summed E-state index contributed by atoms with van der Waals surface area (Å²) >= 11 is 0. The maximum Gasteiger partial charge on any atom is 0.292 e. The van der Waals surface area contributed by atoms with E-state index in [9.17, 15) is 14.9 Å². The highest BCUT2D eigenvalue weighted by molar-refractivity contribution is 5.80. The Morgan fingerprint density at radius 3 is 2.44 bits per heavy atom. The number of rotatable bonds is 3. The number of likely N-dealkylation sites (tertiary alicyclic amines) is 1. The van der Waals surface area contributed by atoms with E-state index >= 15 is 0 Å². The zero-order chi connectivity index (χ0) is 18.8. The van der Waals surface area contributed by atoms with Gasteiger partial charge in [0.1, 0.15) is 5.69 Å². The van der Waals surface area contributed by atoms with E-state index in [2.05, 4.69) is 9.80 Å². The molecule has 3 aliphatic rings. The molecule has 0 radical (unpaired) electrons. The summed E-state index contributed by atoms with van der Waals surface area (Å²) in [6, 6.07) is 7.39. The van der Waals surface area contributed by atoms with E-state index in [0.29, 0.717) is 36.6 Å². The number of nitro groups is 1. The molecule has 2 heterocycles. The van der Waals surface area contributed by atoms with Gasteiger partial charge in [-0.05, 0) is 50.5 Å². The number of amides is 1.